The molecule has 3 aromatic rings. The van der Waals surface area contributed by atoms with Gasteiger partial charge < -0.3 is 9.88 Å². The molecule has 1 amide bonds. The molecule has 0 aliphatic carbocycles. The third kappa shape index (κ3) is 3.17. The SMILES string of the molecule is O=C(NCc1ccc(Cl)cc1)c1sccc1-n1cccc1. The van der Waals surface area contributed by atoms with E-state index >= 15 is 0 Å². The molecule has 21 heavy (non-hydrogen) atoms. The van der Waals surface area contributed by atoms with Crippen LogP contribution in [0, 0.1) is 0 Å². The normalized spacial score (nSPS) is 10.5. The number of nitrogens with one attached hydrogen (secondary N) is 1. The second-order valence-corrected chi connectivity index (χ2v) is 5.89. The molecular formula is C16H13ClN2OS. The molecule has 0 unspecified atom stereocenters. The first-order valence-electron chi connectivity index (χ1n) is 6.47. The van der Waals surface area contributed by atoms with Gasteiger partial charge in [-0.15, -0.1) is 11.3 Å². The maximum Gasteiger partial charge on any atom is 0.263 e. The van der Waals surface area contributed by atoms with Gasteiger partial charge in [0.2, 0.25) is 0 Å². The second kappa shape index (κ2) is 6.16. The van der Waals surface area contributed by atoms with Gasteiger partial charge in [-0.05, 0) is 41.3 Å². The maximum atomic E-state index is 12.3. The zero-order valence-electron chi connectivity index (χ0n) is 11.1. The fourth-order valence-electron chi connectivity index (χ4n) is 2.04. The van der Waals surface area contributed by atoms with Crippen LogP contribution in [0.3, 0.4) is 0 Å². The number of hydrogen-bond acceptors (Lipinski definition) is 2. The van der Waals surface area contributed by atoms with Crippen LogP contribution in [0.2, 0.25) is 5.02 Å². The standard InChI is InChI=1S/C16H13ClN2OS/c17-13-5-3-12(4-6-13)11-18-16(20)15-14(7-10-21-15)19-8-1-2-9-19/h1-10H,11H2,(H,18,20). The number of aromatic nitrogens is 1. The molecule has 2 aromatic heterocycles. The molecule has 0 aliphatic rings. The van der Waals surface area contributed by atoms with Crippen LogP contribution < -0.4 is 5.32 Å². The molecule has 0 fully saturated rings. The lowest BCUT2D eigenvalue weighted by molar-refractivity contribution is 0.0955. The molecule has 0 radical (unpaired) electrons. The summed E-state index contributed by atoms with van der Waals surface area (Å²) in [7, 11) is 0. The smallest absolute Gasteiger partial charge is 0.263 e. The van der Waals surface area contributed by atoms with Crippen LogP contribution in [0.15, 0.2) is 60.2 Å². The lowest BCUT2D eigenvalue weighted by atomic mass is 10.2. The Morgan fingerprint density at radius 2 is 1.86 bits per heavy atom. The number of benzene rings is 1. The predicted molar refractivity (Wildman–Crippen MR) is 86.3 cm³/mol. The number of halogens is 1. The molecule has 5 heteroatoms. The Balaban J connectivity index is 1.72. The Hall–Kier alpha value is -2.04. The number of amides is 1. The highest BCUT2D eigenvalue weighted by atomic mass is 35.5. The summed E-state index contributed by atoms with van der Waals surface area (Å²) in [6.07, 6.45) is 3.86. The van der Waals surface area contributed by atoms with E-state index in [1.54, 1.807) is 0 Å². The molecule has 0 atom stereocenters. The van der Waals surface area contributed by atoms with Crippen molar-refractivity contribution in [1.29, 1.82) is 0 Å². The Morgan fingerprint density at radius 3 is 2.57 bits per heavy atom. The summed E-state index contributed by atoms with van der Waals surface area (Å²) < 4.78 is 1.94. The van der Waals surface area contributed by atoms with E-state index in [0.29, 0.717) is 16.4 Å². The largest absolute Gasteiger partial charge is 0.347 e. The Bertz CT molecular complexity index is 732. The number of carbonyl (C=O) groups is 1. The van der Waals surface area contributed by atoms with Crippen LogP contribution in [-0.4, -0.2) is 10.5 Å². The van der Waals surface area contributed by atoms with Crippen molar-refractivity contribution in [1.82, 2.24) is 9.88 Å². The summed E-state index contributed by atoms with van der Waals surface area (Å²) in [5, 5.41) is 5.55. The molecule has 0 spiro atoms. The van der Waals surface area contributed by atoms with Crippen LogP contribution in [0.1, 0.15) is 15.2 Å². The third-order valence-electron chi connectivity index (χ3n) is 3.10. The fourth-order valence-corrected chi connectivity index (χ4v) is 2.97. The highest BCUT2D eigenvalue weighted by Crippen LogP contribution is 2.21. The lowest BCUT2D eigenvalue weighted by Crippen LogP contribution is -2.22. The van der Waals surface area contributed by atoms with E-state index in [4.69, 9.17) is 11.6 Å². The van der Waals surface area contributed by atoms with Crippen molar-refractivity contribution in [2.75, 3.05) is 0 Å². The molecule has 106 valence electrons. The van der Waals surface area contributed by atoms with Crippen molar-refractivity contribution in [2.24, 2.45) is 0 Å². The van der Waals surface area contributed by atoms with Gasteiger partial charge in [-0.2, -0.15) is 0 Å². The highest BCUT2D eigenvalue weighted by Gasteiger charge is 2.13. The van der Waals surface area contributed by atoms with Gasteiger partial charge in [0.15, 0.2) is 0 Å². The van der Waals surface area contributed by atoms with Gasteiger partial charge in [0, 0.05) is 24.0 Å². The van der Waals surface area contributed by atoms with Crippen molar-refractivity contribution in [3.8, 4) is 5.69 Å². The van der Waals surface area contributed by atoms with E-state index in [2.05, 4.69) is 5.32 Å². The van der Waals surface area contributed by atoms with E-state index in [1.165, 1.54) is 11.3 Å². The Morgan fingerprint density at radius 1 is 1.14 bits per heavy atom. The van der Waals surface area contributed by atoms with Crippen molar-refractivity contribution >= 4 is 28.8 Å². The topological polar surface area (TPSA) is 34.0 Å². The lowest BCUT2D eigenvalue weighted by Gasteiger charge is -2.07. The van der Waals surface area contributed by atoms with Crippen LogP contribution >= 0.6 is 22.9 Å². The minimum Gasteiger partial charge on any atom is -0.347 e. The highest BCUT2D eigenvalue weighted by molar-refractivity contribution is 7.12. The molecule has 0 aliphatic heterocycles. The van der Waals surface area contributed by atoms with Crippen LogP contribution in [-0.2, 0) is 6.54 Å². The fraction of sp³-hybridized carbons (Fsp3) is 0.0625. The molecule has 1 aromatic carbocycles. The molecule has 3 nitrogen and oxygen atoms in total. The van der Waals surface area contributed by atoms with Crippen molar-refractivity contribution in [2.45, 2.75) is 6.54 Å². The van der Waals surface area contributed by atoms with Crippen molar-refractivity contribution in [3.63, 3.8) is 0 Å². The molecule has 0 saturated heterocycles. The van der Waals surface area contributed by atoms with Crippen LogP contribution in [0.25, 0.3) is 5.69 Å². The Labute approximate surface area is 131 Å². The van der Waals surface area contributed by atoms with Crippen molar-refractivity contribution < 1.29 is 4.79 Å². The van der Waals surface area contributed by atoms with Crippen LogP contribution in [0.5, 0.6) is 0 Å². The summed E-state index contributed by atoms with van der Waals surface area (Å²) in [4.78, 5) is 13.0. The number of thiophene rings is 1. The summed E-state index contributed by atoms with van der Waals surface area (Å²) in [5.41, 5.74) is 1.92. The first kappa shape index (κ1) is 13.9. The monoisotopic (exact) mass is 316 g/mol. The van der Waals surface area contributed by atoms with E-state index in [9.17, 15) is 4.79 Å². The van der Waals surface area contributed by atoms with Gasteiger partial charge in [-0.3, -0.25) is 4.79 Å². The van der Waals surface area contributed by atoms with Gasteiger partial charge in [0.1, 0.15) is 4.88 Å². The molecular weight excluding hydrogens is 304 g/mol. The van der Waals surface area contributed by atoms with Crippen molar-refractivity contribution in [3.05, 3.63) is 75.7 Å². The Kier molecular flexibility index (Phi) is 4.08. The zero-order chi connectivity index (χ0) is 14.7. The minimum atomic E-state index is -0.0661. The van der Waals surface area contributed by atoms with E-state index < -0.39 is 0 Å². The molecule has 3 rings (SSSR count). The summed E-state index contributed by atoms with van der Waals surface area (Å²) in [6, 6.07) is 13.3. The predicted octanol–water partition coefficient (Wildman–Crippen LogP) is 4.12. The first-order valence-corrected chi connectivity index (χ1v) is 7.73. The maximum absolute atomic E-state index is 12.3. The third-order valence-corrected chi connectivity index (χ3v) is 4.25. The van der Waals surface area contributed by atoms with Gasteiger partial charge >= 0.3 is 0 Å². The summed E-state index contributed by atoms with van der Waals surface area (Å²) >= 11 is 7.28. The number of nitrogens with zero attached hydrogens (tertiary/aromatic N) is 1. The van der Waals surface area contributed by atoms with Gasteiger partial charge in [-0.25, -0.2) is 0 Å². The quantitative estimate of drug-likeness (QED) is 0.771. The first-order chi connectivity index (χ1) is 10.2. The molecule has 2 heterocycles. The number of carbonyl (C=O) groups excluding carboxylic acids is 1. The number of rotatable bonds is 4. The molecule has 0 saturated carbocycles. The average molecular weight is 317 g/mol. The van der Waals surface area contributed by atoms with E-state index in [-0.39, 0.29) is 5.91 Å². The zero-order valence-corrected chi connectivity index (χ0v) is 12.7. The van der Waals surface area contributed by atoms with E-state index in [0.717, 1.165) is 11.3 Å². The number of hydrogen-bond donors (Lipinski definition) is 1. The van der Waals surface area contributed by atoms with Gasteiger partial charge in [0.05, 0.1) is 5.69 Å². The van der Waals surface area contributed by atoms with Gasteiger partial charge in [-0.1, -0.05) is 23.7 Å². The molecule has 0 bridgehead atoms. The molecule has 1 N–H and O–H groups in total. The second-order valence-electron chi connectivity index (χ2n) is 4.53. The average Bonchev–Trinajstić information content (AvgIpc) is 3.16. The van der Waals surface area contributed by atoms with E-state index in [1.807, 2.05) is 64.8 Å². The summed E-state index contributed by atoms with van der Waals surface area (Å²) in [5.74, 6) is -0.0661. The van der Waals surface area contributed by atoms with Crippen LogP contribution in [0.4, 0.5) is 0 Å². The van der Waals surface area contributed by atoms with Gasteiger partial charge in [0.25, 0.3) is 5.91 Å². The summed E-state index contributed by atoms with van der Waals surface area (Å²) in [6.45, 7) is 0.485. The minimum absolute atomic E-state index is 0.0661.